The molecule has 0 saturated heterocycles. The summed E-state index contributed by atoms with van der Waals surface area (Å²) < 4.78 is 18.0. The standard InChI is InChI=1S/C23H23FN2O5/c24-13-8-10-14(11-9-13)31-21(28)19(27)12-23(25,22(29)30)20-15-4-1-2-6-17(15)26-18-7-3-5-16(18)20/h1-2,4,6,8-11,16,18,20,26H,3,5,7,12,25H2,(H,29,30). The Hall–Kier alpha value is -3.26. The number of carboxylic acids is 1. The van der Waals surface area contributed by atoms with Crippen molar-refractivity contribution in [3.05, 3.63) is 59.9 Å². The number of anilines is 1. The van der Waals surface area contributed by atoms with Crippen LogP contribution in [0.3, 0.4) is 0 Å². The van der Waals surface area contributed by atoms with E-state index in [1.54, 1.807) is 6.07 Å². The minimum absolute atomic E-state index is 0.0132. The maximum absolute atomic E-state index is 13.0. The zero-order chi connectivity index (χ0) is 22.2. The Kier molecular flexibility index (Phi) is 5.49. The summed E-state index contributed by atoms with van der Waals surface area (Å²) in [6.45, 7) is 0. The van der Waals surface area contributed by atoms with Gasteiger partial charge in [0.15, 0.2) is 0 Å². The highest BCUT2D eigenvalue weighted by Gasteiger charge is 2.54. The third-order valence-electron chi connectivity index (χ3n) is 6.29. The topological polar surface area (TPSA) is 119 Å². The maximum Gasteiger partial charge on any atom is 0.380 e. The molecule has 0 spiro atoms. The number of carbonyl (C=O) groups is 3. The van der Waals surface area contributed by atoms with Gasteiger partial charge in [0.1, 0.15) is 17.1 Å². The minimum atomic E-state index is -1.98. The summed E-state index contributed by atoms with van der Waals surface area (Å²) in [5, 5.41) is 13.5. The number of aliphatic carboxylic acids is 1. The molecule has 1 heterocycles. The first-order valence-electron chi connectivity index (χ1n) is 10.2. The molecular formula is C23H23FN2O5. The molecular weight excluding hydrogens is 403 g/mol. The summed E-state index contributed by atoms with van der Waals surface area (Å²) in [6.07, 6.45) is 1.87. The molecule has 4 rings (SSSR count). The number of hydrogen-bond donors (Lipinski definition) is 3. The minimum Gasteiger partial charge on any atom is -0.480 e. The molecule has 2 aliphatic rings. The highest BCUT2D eigenvalue weighted by Crippen LogP contribution is 2.50. The number of ketones is 1. The van der Waals surface area contributed by atoms with Crippen molar-refractivity contribution in [2.75, 3.05) is 5.32 Å². The van der Waals surface area contributed by atoms with Crippen molar-refractivity contribution >= 4 is 23.4 Å². The van der Waals surface area contributed by atoms with Gasteiger partial charge in [-0.1, -0.05) is 24.6 Å². The third-order valence-corrected chi connectivity index (χ3v) is 6.29. The van der Waals surface area contributed by atoms with Gasteiger partial charge in [-0.3, -0.25) is 9.59 Å². The molecule has 2 aromatic rings. The lowest BCUT2D eigenvalue weighted by molar-refractivity contribution is -0.152. The average Bonchev–Trinajstić information content (AvgIpc) is 3.21. The van der Waals surface area contributed by atoms with Crippen LogP contribution >= 0.6 is 0 Å². The van der Waals surface area contributed by atoms with E-state index in [4.69, 9.17) is 10.5 Å². The normalized spacial score (nSPS) is 23.6. The van der Waals surface area contributed by atoms with Gasteiger partial charge in [-0.2, -0.15) is 0 Å². The second-order valence-corrected chi connectivity index (χ2v) is 8.20. The van der Waals surface area contributed by atoms with Crippen molar-refractivity contribution in [2.45, 2.75) is 43.2 Å². The molecule has 0 radical (unpaired) electrons. The van der Waals surface area contributed by atoms with Crippen molar-refractivity contribution in [3.8, 4) is 5.75 Å². The second kappa shape index (κ2) is 8.11. The second-order valence-electron chi connectivity index (χ2n) is 8.20. The van der Waals surface area contributed by atoms with Crippen LogP contribution in [-0.4, -0.2) is 34.4 Å². The number of nitrogens with two attached hydrogens (primary N) is 1. The maximum atomic E-state index is 13.0. The fourth-order valence-corrected chi connectivity index (χ4v) is 4.88. The van der Waals surface area contributed by atoms with Gasteiger partial charge >= 0.3 is 11.9 Å². The Morgan fingerprint density at radius 2 is 1.84 bits per heavy atom. The largest absolute Gasteiger partial charge is 0.480 e. The van der Waals surface area contributed by atoms with Gasteiger partial charge in [0.25, 0.3) is 0 Å². The summed E-state index contributed by atoms with van der Waals surface area (Å²) in [4.78, 5) is 37.4. The van der Waals surface area contributed by atoms with Crippen LogP contribution in [0.15, 0.2) is 48.5 Å². The van der Waals surface area contributed by atoms with Crippen LogP contribution in [0.25, 0.3) is 0 Å². The number of Topliss-reactive ketones (excluding diaryl/α,β-unsaturated/α-hetero) is 1. The van der Waals surface area contributed by atoms with Crippen LogP contribution < -0.4 is 15.8 Å². The predicted molar refractivity (Wildman–Crippen MR) is 110 cm³/mol. The monoisotopic (exact) mass is 426 g/mol. The molecule has 0 bridgehead atoms. The summed E-state index contributed by atoms with van der Waals surface area (Å²) >= 11 is 0. The SMILES string of the molecule is NC(CC(=O)C(=O)Oc1ccc(F)cc1)(C(=O)O)C1c2ccccc2NC2CCCC21. The summed E-state index contributed by atoms with van der Waals surface area (Å²) in [5.41, 5.74) is 5.98. The van der Waals surface area contributed by atoms with Crippen LogP contribution in [0.2, 0.25) is 0 Å². The number of carboxylic acid groups (broad SMARTS) is 1. The molecule has 162 valence electrons. The molecule has 4 atom stereocenters. The molecule has 1 aliphatic carbocycles. The first kappa shape index (κ1) is 21.0. The van der Waals surface area contributed by atoms with E-state index in [9.17, 15) is 23.9 Å². The molecule has 0 amide bonds. The Morgan fingerprint density at radius 3 is 2.55 bits per heavy atom. The summed E-state index contributed by atoms with van der Waals surface area (Å²) in [5.74, 6) is -4.86. The first-order valence-corrected chi connectivity index (χ1v) is 10.2. The van der Waals surface area contributed by atoms with E-state index in [0.29, 0.717) is 0 Å². The van der Waals surface area contributed by atoms with Gasteiger partial charge in [0, 0.05) is 24.1 Å². The molecule has 1 saturated carbocycles. The number of halogens is 1. The number of hydrogen-bond acceptors (Lipinski definition) is 6. The first-order chi connectivity index (χ1) is 14.8. The van der Waals surface area contributed by atoms with Crippen LogP contribution in [0.1, 0.15) is 37.2 Å². The van der Waals surface area contributed by atoms with E-state index in [1.165, 1.54) is 12.1 Å². The number of esters is 1. The van der Waals surface area contributed by atoms with Gasteiger partial charge < -0.3 is 20.9 Å². The Bertz CT molecular complexity index is 1020. The lowest BCUT2D eigenvalue weighted by atomic mass is 9.66. The molecule has 4 N–H and O–H groups in total. The van der Waals surface area contributed by atoms with Gasteiger partial charge in [-0.25, -0.2) is 9.18 Å². The van der Waals surface area contributed by atoms with Gasteiger partial charge in [0.05, 0.1) is 0 Å². The van der Waals surface area contributed by atoms with E-state index in [2.05, 4.69) is 5.32 Å². The zero-order valence-electron chi connectivity index (χ0n) is 16.7. The molecule has 1 fully saturated rings. The average molecular weight is 426 g/mol. The van der Waals surface area contributed by atoms with Crippen molar-refractivity contribution in [3.63, 3.8) is 0 Å². The summed E-state index contributed by atoms with van der Waals surface area (Å²) in [6, 6.07) is 12.0. The molecule has 1 aliphatic heterocycles. The van der Waals surface area contributed by atoms with Crippen LogP contribution in [0.4, 0.5) is 10.1 Å². The lowest BCUT2D eigenvalue weighted by Gasteiger charge is -2.44. The number of ether oxygens (including phenoxy) is 1. The van der Waals surface area contributed by atoms with Gasteiger partial charge in [-0.15, -0.1) is 0 Å². The Morgan fingerprint density at radius 1 is 1.13 bits per heavy atom. The smallest absolute Gasteiger partial charge is 0.380 e. The fourth-order valence-electron chi connectivity index (χ4n) is 4.88. The van der Waals surface area contributed by atoms with Gasteiger partial charge in [-0.05, 0) is 54.7 Å². The number of benzene rings is 2. The van der Waals surface area contributed by atoms with Crippen molar-refractivity contribution in [1.29, 1.82) is 0 Å². The molecule has 31 heavy (non-hydrogen) atoms. The van der Waals surface area contributed by atoms with Crippen LogP contribution in [0, 0.1) is 11.7 Å². The van der Waals surface area contributed by atoms with Gasteiger partial charge in [0.2, 0.25) is 5.78 Å². The number of fused-ring (bicyclic) bond motifs is 2. The Labute approximate surface area is 178 Å². The fraction of sp³-hybridized carbons (Fsp3) is 0.348. The van der Waals surface area contributed by atoms with E-state index in [-0.39, 0.29) is 17.7 Å². The van der Waals surface area contributed by atoms with Crippen molar-refractivity contribution < 1.29 is 28.6 Å². The van der Waals surface area contributed by atoms with E-state index >= 15 is 0 Å². The molecule has 0 aromatic heterocycles. The van der Waals surface area contributed by atoms with Crippen LogP contribution in [0.5, 0.6) is 5.75 Å². The highest BCUT2D eigenvalue weighted by molar-refractivity contribution is 6.35. The zero-order valence-corrected chi connectivity index (χ0v) is 16.7. The quantitative estimate of drug-likeness (QED) is 0.369. The predicted octanol–water partition coefficient (Wildman–Crippen LogP) is 2.85. The number of nitrogens with one attached hydrogen (secondary N) is 1. The third kappa shape index (κ3) is 3.90. The van der Waals surface area contributed by atoms with E-state index in [0.717, 1.165) is 42.6 Å². The lowest BCUT2D eigenvalue weighted by Crippen LogP contribution is -2.59. The summed E-state index contributed by atoms with van der Waals surface area (Å²) in [7, 11) is 0. The van der Waals surface area contributed by atoms with Crippen molar-refractivity contribution in [2.24, 2.45) is 11.7 Å². The molecule has 2 aromatic carbocycles. The molecule has 7 nitrogen and oxygen atoms in total. The van der Waals surface area contributed by atoms with E-state index < -0.39 is 41.4 Å². The molecule has 8 heteroatoms. The van der Waals surface area contributed by atoms with Crippen LogP contribution in [-0.2, 0) is 14.4 Å². The van der Waals surface area contributed by atoms with E-state index in [1.807, 2.05) is 18.2 Å². The Balaban J connectivity index is 1.62. The van der Waals surface area contributed by atoms with Crippen molar-refractivity contribution in [1.82, 2.24) is 0 Å². The highest BCUT2D eigenvalue weighted by atomic mass is 19.1. The number of carbonyl (C=O) groups excluding carboxylic acids is 2. The molecule has 4 unspecified atom stereocenters. The number of para-hydroxylation sites is 1. The number of rotatable bonds is 6.